The Morgan fingerprint density at radius 3 is 2.67 bits per heavy atom. The average molecular weight is 281 g/mol. The Morgan fingerprint density at radius 2 is 2.00 bits per heavy atom. The molecule has 0 atom stereocenters. The number of hydrogen-bond acceptors (Lipinski definition) is 2. The van der Waals surface area contributed by atoms with Crippen LogP contribution in [0.25, 0.3) is 0 Å². The van der Waals surface area contributed by atoms with E-state index in [4.69, 9.17) is 23.2 Å². The van der Waals surface area contributed by atoms with Gasteiger partial charge < -0.3 is 5.32 Å². The lowest BCUT2D eigenvalue weighted by Crippen LogP contribution is -2.13. The van der Waals surface area contributed by atoms with Crippen LogP contribution < -0.4 is 5.32 Å². The van der Waals surface area contributed by atoms with Gasteiger partial charge in [0.1, 0.15) is 0 Å². The van der Waals surface area contributed by atoms with Crippen molar-refractivity contribution in [3.8, 4) is 0 Å². The van der Waals surface area contributed by atoms with Gasteiger partial charge in [-0.25, -0.2) is 0 Å². The Balaban J connectivity index is 2.22. The number of carbonyl (C=O) groups is 1. The summed E-state index contributed by atoms with van der Waals surface area (Å²) < 4.78 is 0. The van der Waals surface area contributed by atoms with Crippen LogP contribution in [0.15, 0.2) is 36.7 Å². The van der Waals surface area contributed by atoms with Crippen molar-refractivity contribution in [2.24, 2.45) is 0 Å². The van der Waals surface area contributed by atoms with E-state index < -0.39 is 0 Å². The fourth-order valence-corrected chi connectivity index (χ4v) is 1.80. The molecule has 2 aromatic rings. The van der Waals surface area contributed by atoms with Crippen molar-refractivity contribution in [2.75, 3.05) is 5.32 Å². The number of aromatic nitrogens is 1. The normalized spacial score (nSPS) is 10.2. The lowest BCUT2D eigenvalue weighted by molar-refractivity contribution is 0.102. The first kappa shape index (κ1) is 12.9. The quantitative estimate of drug-likeness (QED) is 0.905. The Hall–Kier alpha value is -1.58. The molecule has 92 valence electrons. The van der Waals surface area contributed by atoms with Crippen LogP contribution in [0.2, 0.25) is 10.0 Å². The molecule has 0 radical (unpaired) electrons. The molecular weight excluding hydrogens is 271 g/mol. The van der Waals surface area contributed by atoms with Crippen molar-refractivity contribution in [2.45, 2.75) is 6.92 Å². The van der Waals surface area contributed by atoms with Crippen molar-refractivity contribution < 1.29 is 4.79 Å². The van der Waals surface area contributed by atoms with Crippen molar-refractivity contribution in [3.63, 3.8) is 0 Å². The number of carbonyl (C=O) groups excluding carboxylic acids is 1. The number of nitrogens with zero attached hydrogens (tertiary/aromatic N) is 1. The SMILES string of the molecule is Cc1cnccc1C(=O)Nc1ccc(Cl)c(Cl)c1. The minimum absolute atomic E-state index is 0.201. The topological polar surface area (TPSA) is 42.0 Å². The zero-order chi connectivity index (χ0) is 13.1. The number of nitrogens with one attached hydrogen (secondary N) is 1. The molecule has 0 aliphatic heterocycles. The summed E-state index contributed by atoms with van der Waals surface area (Å²) in [7, 11) is 0. The summed E-state index contributed by atoms with van der Waals surface area (Å²) in [4.78, 5) is 16.0. The van der Waals surface area contributed by atoms with E-state index in [2.05, 4.69) is 10.3 Å². The van der Waals surface area contributed by atoms with Gasteiger partial charge in [-0.3, -0.25) is 9.78 Å². The van der Waals surface area contributed by atoms with Crippen LogP contribution in [0.5, 0.6) is 0 Å². The molecule has 1 aromatic heterocycles. The molecule has 5 heteroatoms. The molecule has 3 nitrogen and oxygen atoms in total. The van der Waals surface area contributed by atoms with Crippen molar-refractivity contribution in [1.82, 2.24) is 4.98 Å². The first-order valence-electron chi connectivity index (χ1n) is 5.25. The van der Waals surface area contributed by atoms with Gasteiger partial charge in [-0.2, -0.15) is 0 Å². The maximum atomic E-state index is 12.0. The van der Waals surface area contributed by atoms with Gasteiger partial charge >= 0.3 is 0 Å². The molecular formula is C13H10Cl2N2O. The number of benzene rings is 1. The first-order valence-corrected chi connectivity index (χ1v) is 6.00. The van der Waals surface area contributed by atoms with Crippen LogP contribution in [0, 0.1) is 6.92 Å². The van der Waals surface area contributed by atoms with Gasteiger partial charge in [0.25, 0.3) is 5.91 Å². The van der Waals surface area contributed by atoms with Gasteiger partial charge in [0.2, 0.25) is 0 Å². The molecule has 0 spiro atoms. The number of amides is 1. The first-order chi connectivity index (χ1) is 8.58. The molecule has 1 heterocycles. The summed E-state index contributed by atoms with van der Waals surface area (Å²) in [5, 5.41) is 3.61. The summed E-state index contributed by atoms with van der Waals surface area (Å²) in [6.07, 6.45) is 3.22. The molecule has 0 unspecified atom stereocenters. The second-order valence-corrected chi connectivity index (χ2v) is 4.59. The van der Waals surface area contributed by atoms with Gasteiger partial charge in [-0.05, 0) is 36.8 Å². The molecule has 1 N–H and O–H groups in total. The lowest BCUT2D eigenvalue weighted by atomic mass is 10.1. The fourth-order valence-electron chi connectivity index (χ4n) is 1.50. The largest absolute Gasteiger partial charge is 0.322 e. The molecule has 0 bridgehead atoms. The van der Waals surface area contributed by atoms with E-state index >= 15 is 0 Å². The number of hydrogen-bond donors (Lipinski definition) is 1. The predicted octanol–water partition coefficient (Wildman–Crippen LogP) is 3.95. The highest BCUT2D eigenvalue weighted by Crippen LogP contribution is 2.25. The van der Waals surface area contributed by atoms with Gasteiger partial charge in [-0.1, -0.05) is 23.2 Å². The molecule has 1 aromatic carbocycles. The minimum Gasteiger partial charge on any atom is -0.322 e. The van der Waals surface area contributed by atoms with Crippen molar-refractivity contribution in [3.05, 3.63) is 57.8 Å². The van der Waals surface area contributed by atoms with E-state index in [0.29, 0.717) is 21.3 Å². The van der Waals surface area contributed by atoms with Gasteiger partial charge in [0.05, 0.1) is 10.0 Å². The average Bonchev–Trinajstić information content (AvgIpc) is 2.34. The van der Waals surface area contributed by atoms with Crippen LogP contribution in [0.3, 0.4) is 0 Å². The zero-order valence-corrected chi connectivity index (χ0v) is 11.1. The lowest BCUT2D eigenvalue weighted by Gasteiger charge is -2.07. The third kappa shape index (κ3) is 2.81. The Bertz CT molecular complexity index is 599. The van der Waals surface area contributed by atoms with Gasteiger partial charge in [-0.15, -0.1) is 0 Å². The molecule has 18 heavy (non-hydrogen) atoms. The number of pyridine rings is 1. The van der Waals surface area contributed by atoms with E-state index in [0.717, 1.165) is 5.56 Å². The smallest absolute Gasteiger partial charge is 0.256 e. The number of rotatable bonds is 2. The van der Waals surface area contributed by atoms with Crippen LogP contribution in [-0.2, 0) is 0 Å². The van der Waals surface area contributed by atoms with Crippen molar-refractivity contribution in [1.29, 1.82) is 0 Å². The monoisotopic (exact) mass is 280 g/mol. The van der Waals surface area contributed by atoms with E-state index in [9.17, 15) is 4.79 Å². The highest BCUT2D eigenvalue weighted by Gasteiger charge is 2.09. The van der Waals surface area contributed by atoms with Gasteiger partial charge in [0, 0.05) is 23.6 Å². The minimum atomic E-state index is -0.201. The van der Waals surface area contributed by atoms with Crippen molar-refractivity contribution >= 4 is 34.8 Å². The molecule has 0 saturated heterocycles. The van der Waals surface area contributed by atoms with Crippen LogP contribution in [0.1, 0.15) is 15.9 Å². The number of halogens is 2. The van der Waals surface area contributed by atoms with E-state index in [-0.39, 0.29) is 5.91 Å². The summed E-state index contributed by atoms with van der Waals surface area (Å²) in [6, 6.07) is 6.61. The second kappa shape index (κ2) is 5.38. The Morgan fingerprint density at radius 1 is 1.22 bits per heavy atom. The zero-order valence-electron chi connectivity index (χ0n) is 9.58. The summed E-state index contributed by atoms with van der Waals surface area (Å²) in [5.41, 5.74) is 2.00. The summed E-state index contributed by atoms with van der Waals surface area (Å²) in [6.45, 7) is 1.83. The predicted molar refractivity (Wildman–Crippen MR) is 73.4 cm³/mol. The van der Waals surface area contributed by atoms with Crippen LogP contribution >= 0.6 is 23.2 Å². The van der Waals surface area contributed by atoms with Crippen LogP contribution in [-0.4, -0.2) is 10.9 Å². The highest BCUT2D eigenvalue weighted by atomic mass is 35.5. The fraction of sp³-hybridized carbons (Fsp3) is 0.0769. The molecule has 2 rings (SSSR count). The molecule has 0 saturated carbocycles. The Kier molecular flexibility index (Phi) is 3.84. The highest BCUT2D eigenvalue weighted by molar-refractivity contribution is 6.42. The molecule has 1 amide bonds. The maximum absolute atomic E-state index is 12.0. The molecule has 0 aliphatic rings. The summed E-state index contributed by atoms with van der Waals surface area (Å²) >= 11 is 11.7. The Labute approximate surface area is 115 Å². The number of anilines is 1. The standard InChI is InChI=1S/C13H10Cl2N2O/c1-8-7-16-5-4-10(8)13(18)17-9-2-3-11(14)12(15)6-9/h2-7H,1H3,(H,17,18). The number of aryl methyl sites for hydroxylation is 1. The molecule has 0 fully saturated rings. The van der Waals surface area contributed by atoms with E-state index in [1.165, 1.54) is 0 Å². The van der Waals surface area contributed by atoms with Crippen LogP contribution in [0.4, 0.5) is 5.69 Å². The van der Waals surface area contributed by atoms with E-state index in [1.807, 2.05) is 6.92 Å². The third-order valence-electron chi connectivity index (χ3n) is 2.44. The maximum Gasteiger partial charge on any atom is 0.256 e. The van der Waals surface area contributed by atoms with E-state index in [1.54, 1.807) is 36.7 Å². The summed E-state index contributed by atoms with van der Waals surface area (Å²) in [5.74, 6) is -0.201. The van der Waals surface area contributed by atoms with Gasteiger partial charge in [0.15, 0.2) is 0 Å². The molecule has 0 aliphatic carbocycles. The third-order valence-corrected chi connectivity index (χ3v) is 3.18. The second-order valence-electron chi connectivity index (χ2n) is 3.77.